The van der Waals surface area contributed by atoms with Crippen LogP contribution >= 0.6 is 35.6 Å². The number of nitrogens with zero attached hydrogens (tertiary/aromatic N) is 2. The van der Waals surface area contributed by atoms with Crippen molar-refractivity contribution in [3.8, 4) is 0 Å². The van der Waals surface area contributed by atoms with Crippen molar-refractivity contribution in [2.75, 3.05) is 25.0 Å². The van der Waals surface area contributed by atoms with Crippen LogP contribution in [0.3, 0.4) is 0 Å². The molecule has 2 aromatic rings. The van der Waals surface area contributed by atoms with Gasteiger partial charge in [0, 0.05) is 18.7 Å². The van der Waals surface area contributed by atoms with Crippen molar-refractivity contribution in [3.05, 3.63) is 22.2 Å². The summed E-state index contributed by atoms with van der Waals surface area (Å²) >= 11 is 12.1. The van der Waals surface area contributed by atoms with Crippen LogP contribution in [0.4, 0.5) is 5.82 Å². The summed E-state index contributed by atoms with van der Waals surface area (Å²) in [6, 6.07) is 3.98. The minimum Gasteiger partial charge on any atom is -0.362 e. The van der Waals surface area contributed by atoms with Crippen molar-refractivity contribution in [3.63, 3.8) is 0 Å². The van der Waals surface area contributed by atoms with Crippen molar-refractivity contribution in [2.45, 2.75) is 18.9 Å². The highest BCUT2D eigenvalue weighted by Crippen LogP contribution is 2.34. The number of hydrogen-bond donors (Lipinski definition) is 1. The van der Waals surface area contributed by atoms with Gasteiger partial charge in [-0.25, -0.2) is 0 Å². The molecule has 4 nitrogen and oxygen atoms in total. The molecule has 4 heterocycles. The highest BCUT2D eigenvalue weighted by molar-refractivity contribution is 6.42. The Balaban J connectivity index is 0.00000132. The first-order valence-electron chi connectivity index (χ1n) is 6.94. The lowest BCUT2D eigenvalue weighted by atomic mass is 9.84. The maximum atomic E-state index is 6.08. The van der Waals surface area contributed by atoms with Crippen LogP contribution in [0.1, 0.15) is 12.8 Å². The Morgan fingerprint density at radius 2 is 1.90 bits per heavy atom. The molecule has 3 fully saturated rings. The van der Waals surface area contributed by atoms with Crippen LogP contribution in [0.25, 0.3) is 11.0 Å². The number of aromatic nitrogens is 1. The van der Waals surface area contributed by atoms with E-state index < -0.39 is 0 Å². The first-order chi connectivity index (χ1) is 9.70. The fraction of sp³-hybridized carbons (Fsp3) is 0.500. The number of hydrogen-bond acceptors (Lipinski definition) is 4. The number of nitrogens with one attached hydrogen (secondary N) is 1. The van der Waals surface area contributed by atoms with Gasteiger partial charge in [0.25, 0.3) is 0 Å². The number of rotatable bonds is 2. The molecule has 114 valence electrons. The fourth-order valence-electron chi connectivity index (χ4n) is 3.34. The Morgan fingerprint density at radius 1 is 1.19 bits per heavy atom. The highest BCUT2D eigenvalue weighted by atomic mass is 35.5. The number of fused-ring (bicyclic) bond motifs is 4. The van der Waals surface area contributed by atoms with E-state index in [0.717, 1.165) is 23.7 Å². The normalized spacial score (nSPS) is 27.6. The fourth-order valence-corrected chi connectivity index (χ4v) is 3.66. The zero-order valence-electron chi connectivity index (χ0n) is 11.3. The molecular weight excluding hydrogens is 333 g/mol. The molecule has 1 N–H and O–H groups in total. The maximum absolute atomic E-state index is 6.08. The van der Waals surface area contributed by atoms with E-state index in [1.165, 1.54) is 25.9 Å². The van der Waals surface area contributed by atoms with Gasteiger partial charge >= 0.3 is 0 Å². The summed E-state index contributed by atoms with van der Waals surface area (Å²) in [5, 5.41) is 9.58. The molecule has 0 radical (unpaired) electrons. The molecule has 21 heavy (non-hydrogen) atoms. The number of benzene rings is 1. The third-order valence-electron chi connectivity index (χ3n) is 4.49. The summed E-state index contributed by atoms with van der Waals surface area (Å²) in [5.41, 5.74) is 0.670. The summed E-state index contributed by atoms with van der Waals surface area (Å²) < 4.78 is 5.34. The third kappa shape index (κ3) is 2.70. The van der Waals surface area contributed by atoms with Gasteiger partial charge in [0.05, 0.1) is 15.4 Å². The molecule has 3 aliphatic heterocycles. The molecule has 7 heteroatoms. The van der Waals surface area contributed by atoms with E-state index in [9.17, 15) is 0 Å². The summed E-state index contributed by atoms with van der Waals surface area (Å²) in [5.74, 6) is 1.51. The number of halogens is 3. The Labute approximate surface area is 139 Å². The minimum absolute atomic E-state index is 0. The van der Waals surface area contributed by atoms with Gasteiger partial charge in [-0.1, -0.05) is 28.4 Å². The minimum atomic E-state index is 0. The van der Waals surface area contributed by atoms with Crippen molar-refractivity contribution >= 4 is 52.4 Å². The second-order valence-corrected chi connectivity index (χ2v) is 6.50. The molecule has 0 unspecified atom stereocenters. The summed E-state index contributed by atoms with van der Waals surface area (Å²) in [7, 11) is 0. The standard InChI is InChI=1S/C14H15Cl2N3O.ClH/c15-10-5-9-13(6-11(10)16)20-18-14(9)17-12-7-19-3-1-8(12)2-4-19;/h5-6,8,12H,1-4,7H2,(H,17,18);1H/t12-;/m0./s1. The van der Waals surface area contributed by atoms with Gasteiger partial charge in [-0.15, -0.1) is 12.4 Å². The van der Waals surface area contributed by atoms with E-state index in [1.807, 2.05) is 6.07 Å². The van der Waals surface area contributed by atoms with Crippen molar-refractivity contribution in [2.24, 2.45) is 5.92 Å². The van der Waals surface area contributed by atoms with Crippen molar-refractivity contribution in [1.29, 1.82) is 0 Å². The average molecular weight is 349 g/mol. The van der Waals surface area contributed by atoms with Gasteiger partial charge in [0.15, 0.2) is 11.4 Å². The van der Waals surface area contributed by atoms with E-state index in [1.54, 1.807) is 6.07 Å². The molecule has 2 bridgehead atoms. The van der Waals surface area contributed by atoms with Crippen LogP contribution in [0, 0.1) is 5.92 Å². The second-order valence-electron chi connectivity index (χ2n) is 5.68. The molecule has 0 aliphatic carbocycles. The molecule has 1 aromatic heterocycles. The zero-order valence-corrected chi connectivity index (χ0v) is 13.6. The number of anilines is 1. The molecule has 3 aliphatic rings. The summed E-state index contributed by atoms with van der Waals surface area (Å²) in [6.07, 6.45) is 2.53. The lowest BCUT2D eigenvalue weighted by Gasteiger charge is -2.44. The zero-order chi connectivity index (χ0) is 13.7. The lowest BCUT2D eigenvalue weighted by Crippen LogP contribution is -2.53. The van der Waals surface area contributed by atoms with E-state index >= 15 is 0 Å². The van der Waals surface area contributed by atoms with E-state index in [-0.39, 0.29) is 12.4 Å². The van der Waals surface area contributed by atoms with Crippen LogP contribution in [0.2, 0.25) is 10.0 Å². The Bertz CT molecular complexity index is 652. The maximum Gasteiger partial charge on any atom is 0.177 e. The van der Waals surface area contributed by atoms with Crippen molar-refractivity contribution in [1.82, 2.24) is 10.1 Å². The van der Waals surface area contributed by atoms with Crippen LogP contribution in [0.5, 0.6) is 0 Å². The monoisotopic (exact) mass is 347 g/mol. The topological polar surface area (TPSA) is 41.3 Å². The van der Waals surface area contributed by atoms with Crippen LogP contribution < -0.4 is 5.32 Å². The lowest BCUT2D eigenvalue weighted by molar-refractivity contribution is 0.0973. The predicted molar refractivity (Wildman–Crippen MR) is 87.9 cm³/mol. The highest BCUT2D eigenvalue weighted by Gasteiger charge is 2.34. The molecule has 1 atom stereocenters. The first kappa shape index (κ1) is 15.2. The molecule has 1 aromatic carbocycles. The van der Waals surface area contributed by atoms with Crippen molar-refractivity contribution < 1.29 is 4.52 Å². The van der Waals surface area contributed by atoms with Gasteiger partial charge in [-0.2, -0.15) is 0 Å². The Kier molecular flexibility index (Phi) is 4.23. The molecule has 0 spiro atoms. The second kappa shape index (κ2) is 5.84. The average Bonchev–Trinajstić information content (AvgIpc) is 2.83. The quantitative estimate of drug-likeness (QED) is 0.888. The Hall–Kier alpha value is -0.680. The first-order valence-corrected chi connectivity index (χ1v) is 7.69. The largest absolute Gasteiger partial charge is 0.362 e. The van der Waals surface area contributed by atoms with Crippen LogP contribution in [-0.4, -0.2) is 35.7 Å². The smallest absolute Gasteiger partial charge is 0.177 e. The molecular formula is C14H16Cl3N3O. The molecule has 0 amide bonds. The summed E-state index contributed by atoms with van der Waals surface area (Å²) in [6.45, 7) is 3.54. The van der Waals surface area contributed by atoms with Gasteiger partial charge < -0.3 is 14.7 Å². The van der Waals surface area contributed by atoms with Gasteiger partial charge in [0.2, 0.25) is 0 Å². The SMILES string of the molecule is Cl.Clc1cc2onc(N[C@H]3CN4CCC3CC4)c2cc1Cl. The van der Waals surface area contributed by atoms with E-state index in [0.29, 0.717) is 21.7 Å². The van der Waals surface area contributed by atoms with Crippen LogP contribution in [-0.2, 0) is 0 Å². The third-order valence-corrected chi connectivity index (χ3v) is 5.21. The van der Waals surface area contributed by atoms with E-state index in [2.05, 4.69) is 15.4 Å². The van der Waals surface area contributed by atoms with Crippen LogP contribution in [0.15, 0.2) is 16.7 Å². The molecule has 5 rings (SSSR count). The van der Waals surface area contributed by atoms with Gasteiger partial charge in [-0.3, -0.25) is 0 Å². The molecule has 0 saturated carbocycles. The molecule has 3 saturated heterocycles. The Morgan fingerprint density at radius 3 is 2.57 bits per heavy atom. The van der Waals surface area contributed by atoms with Gasteiger partial charge in [-0.05, 0) is 37.9 Å². The number of piperidine rings is 3. The predicted octanol–water partition coefficient (Wildman–Crippen LogP) is 4.06. The van der Waals surface area contributed by atoms with E-state index in [4.69, 9.17) is 27.7 Å². The van der Waals surface area contributed by atoms with Gasteiger partial charge in [0.1, 0.15) is 0 Å². The summed E-state index contributed by atoms with van der Waals surface area (Å²) in [4.78, 5) is 2.50.